The fourth-order valence-corrected chi connectivity index (χ4v) is 3.52. The average molecular weight is 460 g/mol. The van der Waals surface area contributed by atoms with Crippen LogP contribution in [-0.4, -0.2) is 27.0 Å². The zero-order valence-corrected chi connectivity index (χ0v) is 17.6. The number of hydrogen-bond acceptors (Lipinski definition) is 4. The zero-order valence-electron chi connectivity index (χ0n) is 17.6. The van der Waals surface area contributed by atoms with Crippen LogP contribution in [0.2, 0.25) is 0 Å². The highest BCUT2D eigenvalue weighted by atomic mass is 19.3. The third-order valence-electron chi connectivity index (χ3n) is 5.18. The predicted octanol–water partition coefficient (Wildman–Crippen LogP) is 5.22. The minimum atomic E-state index is -2.75. The summed E-state index contributed by atoms with van der Waals surface area (Å²) >= 11 is 0. The highest BCUT2D eigenvalue weighted by Gasteiger charge is 2.22. The molecule has 0 aliphatic heterocycles. The van der Waals surface area contributed by atoms with Gasteiger partial charge in [-0.2, -0.15) is 8.78 Å². The molecule has 0 aliphatic carbocycles. The number of fused-ring (bicyclic) bond motifs is 1. The van der Waals surface area contributed by atoms with Crippen molar-refractivity contribution in [1.29, 1.82) is 0 Å². The first-order valence-corrected chi connectivity index (χ1v) is 10.3. The van der Waals surface area contributed by atoms with Crippen molar-refractivity contribution in [3.63, 3.8) is 0 Å². The Bertz CT molecular complexity index is 1280. The molecule has 33 heavy (non-hydrogen) atoms. The van der Waals surface area contributed by atoms with E-state index in [9.17, 15) is 22.4 Å². The predicted molar refractivity (Wildman–Crippen MR) is 113 cm³/mol. The molecule has 0 aliphatic rings. The summed E-state index contributed by atoms with van der Waals surface area (Å²) in [4.78, 5) is 20.6. The van der Waals surface area contributed by atoms with Gasteiger partial charge in [-0.3, -0.25) is 9.36 Å². The Morgan fingerprint density at radius 1 is 1.18 bits per heavy atom. The summed E-state index contributed by atoms with van der Waals surface area (Å²) in [6, 6.07) is 9.72. The first-order chi connectivity index (χ1) is 15.8. The number of amides is 1. The lowest BCUT2D eigenvalue weighted by atomic mass is 10.1. The Labute approximate surface area is 186 Å². The van der Waals surface area contributed by atoms with Crippen LogP contribution >= 0.6 is 0 Å². The van der Waals surface area contributed by atoms with Crippen molar-refractivity contribution in [2.45, 2.75) is 32.2 Å². The molecule has 0 spiro atoms. The van der Waals surface area contributed by atoms with Crippen LogP contribution in [0.4, 0.5) is 17.6 Å². The molecule has 2 aromatic heterocycles. The van der Waals surface area contributed by atoms with E-state index in [-0.39, 0.29) is 48.3 Å². The Kier molecular flexibility index (Phi) is 6.43. The van der Waals surface area contributed by atoms with Crippen molar-refractivity contribution in [3.05, 3.63) is 72.0 Å². The summed E-state index contributed by atoms with van der Waals surface area (Å²) in [5.41, 5.74) is 0.858. The maximum Gasteiger partial charge on any atom is 0.320 e. The van der Waals surface area contributed by atoms with Gasteiger partial charge < -0.3 is 9.73 Å². The molecule has 1 atom stereocenters. The van der Waals surface area contributed by atoms with Crippen LogP contribution in [0, 0.1) is 11.6 Å². The van der Waals surface area contributed by atoms with Gasteiger partial charge in [0.05, 0.1) is 22.8 Å². The normalized spacial score (nSPS) is 12.4. The lowest BCUT2D eigenvalue weighted by Gasteiger charge is -2.14. The molecule has 1 amide bonds. The van der Waals surface area contributed by atoms with E-state index in [1.807, 2.05) is 0 Å². The number of nitrogens with one attached hydrogen (secondary N) is 1. The minimum absolute atomic E-state index is 0.0316. The van der Waals surface area contributed by atoms with Gasteiger partial charge in [-0.15, -0.1) is 0 Å². The summed E-state index contributed by atoms with van der Waals surface area (Å²) < 4.78 is 60.5. The van der Waals surface area contributed by atoms with Crippen LogP contribution in [-0.2, 0) is 11.2 Å². The van der Waals surface area contributed by atoms with Crippen molar-refractivity contribution < 1.29 is 26.8 Å². The van der Waals surface area contributed by atoms with Crippen LogP contribution in [0.25, 0.3) is 22.4 Å². The topological polar surface area (TPSA) is 73.0 Å². The largest absolute Gasteiger partial charge is 0.441 e. The number of alkyl halides is 2. The second-order valence-corrected chi connectivity index (χ2v) is 7.55. The number of aromatic nitrogens is 3. The number of aryl methyl sites for hydroxylation is 1. The van der Waals surface area contributed by atoms with Crippen LogP contribution in [0.1, 0.15) is 37.5 Å². The van der Waals surface area contributed by atoms with Gasteiger partial charge in [-0.25, -0.2) is 18.7 Å². The Hall–Kier alpha value is -3.69. The highest BCUT2D eigenvalue weighted by Crippen LogP contribution is 2.27. The van der Waals surface area contributed by atoms with Crippen LogP contribution in [0.3, 0.4) is 0 Å². The molecule has 0 unspecified atom stereocenters. The van der Waals surface area contributed by atoms with Gasteiger partial charge in [0.1, 0.15) is 17.5 Å². The highest BCUT2D eigenvalue weighted by molar-refractivity contribution is 5.77. The number of benzene rings is 2. The average Bonchev–Trinajstić information content (AvgIpc) is 3.40. The van der Waals surface area contributed by atoms with Crippen molar-refractivity contribution in [3.8, 4) is 11.3 Å². The first-order valence-electron chi connectivity index (χ1n) is 10.3. The quantitative estimate of drug-likeness (QED) is 0.366. The molecule has 0 saturated carbocycles. The van der Waals surface area contributed by atoms with Crippen LogP contribution < -0.4 is 5.32 Å². The fraction of sp³-hybridized carbons (Fsp3) is 0.261. The van der Waals surface area contributed by atoms with E-state index in [1.54, 1.807) is 31.2 Å². The lowest BCUT2D eigenvalue weighted by Crippen LogP contribution is -2.28. The first kappa shape index (κ1) is 22.5. The van der Waals surface area contributed by atoms with E-state index in [1.165, 1.54) is 12.3 Å². The molecular weight excluding hydrogens is 440 g/mol. The minimum Gasteiger partial charge on any atom is -0.441 e. The number of nitrogens with zero attached hydrogens (tertiary/aromatic N) is 3. The van der Waals surface area contributed by atoms with E-state index < -0.39 is 24.1 Å². The van der Waals surface area contributed by atoms with Gasteiger partial charge in [-0.05, 0) is 24.3 Å². The number of oxazole rings is 1. The number of carbonyl (C=O) groups excluding carboxylic acids is 1. The SMILES string of the molecule is C[C@@H](CNC(=O)CCc1ncc(-c2ccc(F)cc2F)o1)c1nc2ccccc2n1C(F)F. The number of para-hydroxylation sites is 2. The number of carbonyl (C=O) groups is 1. The molecule has 0 saturated heterocycles. The molecule has 0 radical (unpaired) electrons. The van der Waals surface area contributed by atoms with Gasteiger partial charge >= 0.3 is 6.55 Å². The van der Waals surface area contributed by atoms with E-state index in [4.69, 9.17) is 4.42 Å². The van der Waals surface area contributed by atoms with Crippen molar-refractivity contribution >= 4 is 16.9 Å². The van der Waals surface area contributed by atoms with Gasteiger partial charge in [0, 0.05) is 31.4 Å². The second kappa shape index (κ2) is 9.43. The summed E-state index contributed by atoms with van der Waals surface area (Å²) in [7, 11) is 0. The monoisotopic (exact) mass is 460 g/mol. The smallest absolute Gasteiger partial charge is 0.320 e. The van der Waals surface area contributed by atoms with E-state index in [0.29, 0.717) is 11.0 Å². The van der Waals surface area contributed by atoms with Crippen molar-refractivity contribution in [2.75, 3.05) is 6.54 Å². The summed E-state index contributed by atoms with van der Waals surface area (Å²) in [6.07, 6.45) is 1.49. The fourth-order valence-electron chi connectivity index (χ4n) is 3.52. The van der Waals surface area contributed by atoms with Gasteiger partial charge in [-0.1, -0.05) is 19.1 Å². The van der Waals surface area contributed by atoms with Crippen molar-refractivity contribution in [2.24, 2.45) is 0 Å². The molecule has 4 aromatic rings. The number of imidazole rings is 1. The third-order valence-corrected chi connectivity index (χ3v) is 5.18. The summed E-state index contributed by atoms with van der Waals surface area (Å²) in [5, 5.41) is 2.71. The van der Waals surface area contributed by atoms with Gasteiger partial charge in [0.2, 0.25) is 5.91 Å². The Morgan fingerprint density at radius 2 is 1.97 bits per heavy atom. The third kappa shape index (κ3) is 4.89. The van der Waals surface area contributed by atoms with Crippen LogP contribution in [0.15, 0.2) is 53.1 Å². The number of halogens is 4. The molecule has 0 bridgehead atoms. The molecule has 6 nitrogen and oxygen atoms in total. The Balaban J connectivity index is 1.34. The van der Waals surface area contributed by atoms with Crippen LogP contribution in [0.5, 0.6) is 0 Å². The maximum atomic E-state index is 13.9. The Morgan fingerprint density at radius 3 is 2.73 bits per heavy atom. The zero-order chi connectivity index (χ0) is 23.5. The number of hydrogen-bond donors (Lipinski definition) is 1. The lowest BCUT2D eigenvalue weighted by molar-refractivity contribution is -0.121. The summed E-state index contributed by atoms with van der Waals surface area (Å²) in [5.74, 6) is -1.73. The molecule has 2 aromatic carbocycles. The molecule has 1 N–H and O–H groups in total. The molecule has 2 heterocycles. The van der Waals surface area contributed by atoms with E-state index in [0.717, 1.165) is 16.7 Å². The maximum absolute atomic E-state index is 13.9. The molecule has 0 fully saturated rings. The van der Waals surface area contributed by atoms with E-state index in [2.05, 4.69) is 15.3 Å². The molecule has 10 heteroatoms. The molecule has 172 valence electrons. The number of rotatable bonds is 8. The second-order valence-electron chi connectivity index (χ2n) is 7.55. The van der Waals surface area contributed by atoms with E-state index >= 15 is 0 Å². The van der Waals surface area contributed by atoms with Gasteiger partial charge in [0.15, 0.2) is 11.7 Å². The molecular formula is C23H20F4N4O2. The summed E-state index contributed by atoms with van der Waals surface area (Å²) in [6.45, 7) is -0.930. The van der Waals surface area contributed by atoms with Crippen molar-refractivity contribution in [1.82, 2.24) is 19.9 Å². The molecule has 4 rings (SSSR count). The van der Waals surface area contributed by atoms with Gasteiger partial charge in [0.25, 0.3) is 0 Å². The standard InChI is InChI=1S/C23H20F4N4O2/c1-13(22-30-17-4-2-3-5-18(17)31(22)23(26)27)11-28-20(32)8-9-21-29-12-19(33-21)15-7-6-14(24)10-16(15)25/h2-7,10,12-13,23H,8-9,11H2,1H3,(H,28,32)/t13-/m0/s1.